The molecule has 2 amide bonds. The van der Waals surface area contributed by atoms with Crippen LogP contribution in [0.25, 0.3) is 0 Å². The number of nitrogens with one attached hydrogen (secondary N) is 1. The predicted octanol–water partition coefficient (Wildman–Crippen LogP) is 2.70. The van der Waals surface area contributed by atoms with Gasteiger partial charge < -0.3 is 15.3 Å². The van der Waals surface area contributed by atoms with Crippen molar-refractivity contribution in [2.45, 2.75) is 19.9 Å². The lowest BCUT2D eigenvalue weighted by atomic mass is 9.91. The molecular weight excluding hydrogens is 336 g/mol. The summed E-state index contributed by atoms with van der Waals surface area (Å²) >= 11 is 3.39. The van der Waals surface area contributed by atoms with Crippen molar-refractivity contribution in [3.8, 4) is 0 Å². The first kappa shape index (κ1) is 15.8. The van der Waals surface area contributed by atoms with Gasteiger partial charge in [-0.3, -0.25) is 4.79 Å². The fraction of sp³-hybridized carbons (Fsp3) is 0.467. The normalized spacial score (nSPS) is 21.9. The summed E-state index contributed by atoms with van der Waals surface area (Å²) in [5, 5.41) is 12.0. The molecule has 1 aliphatic heterocycles. The number of carboxylic acids is 1. The Morgan fingerprint density at radius 2 is 2.19 bits per heavy atom. The van der Waals surface area contributed by atoms with Crippen molar-refractivity contribution in [3.63, 3.8) is 0 Å². The highest BCUT2D eigenvalue weighted by molar-refractivity contribution is 9.10. The third-order valence-electron chi connectivity index (χ3n) is 3.63. The zero-order chi connectivity index (χ0) is 15.4. The SMILES string of the molecule is CC1CC(C(=O)O)CN(C(=O)NCc2cccc(Br)c2)C1. The van der Waals surface area contributed by atoms with Crippen molar-refractivity contribution in [1.29, 1.82) is 0 Å². The van der Waals surface area contributed by atoms with Gasteiger partial charge in [0.2, 0.25) is 0 Å². The van der Waals surface area contributed by atoms with E-state index >= 15 is 0 Å². The maximum atomic E-state index is 12.2. The number of carbonyl (C=O) groups excluding carboxylic acids is 1. The first-order chi connectivity index (χ1) is 9.95. The van der Waals surface area contributed by atoms with Gasteiger partial charge in [-0.2, -0.15) is 0 Å². The molecule has 0 spiro atoms. The molecule has 0 radical (unpaired) electrons. The standard InChI is InChI=1S/C15H19BrN2O3/c1-10-5-12(14(19)20)9-18(8-10)15(21)17-7-11-3-2-4-13(16)6-11/h2-4,6,10,12H,5,7-9H2,1H3,(H,17,21)(H,19,20). The number of halogens is 1. The molecule has 2 N–H and O–H groups in total. The summed E-state index contributed by atoms with van der Waals surface area (Å²) in [5.74, 6) is -1.09. The van der Waals surface area contributed by atoms with Gasteiger partial charge in [-0.05, 0) is 30.0 Å². The summed E-state index contributed by atoms with van der Waals surface area (Å²) in [7, 11) is 0. The Morgan fingerprint density at radius 1 is 1.43 bits per heavy atom. The number of urea groups is 1. The van der Waals surface area contributed by atoms with Crippen LogP contribution in [0.1, 0.15) is 18.9 Å². The molecule has 5 nitrogen and oxygen atoms in total. The van der Waals surface area contributed by atoms with Gasteiger partial charge in [0.1, 0.15) is 0 Å². The summed E-state index contributed by atoms with van der Waals surface area (Å²) in [6.45, 7) is 3.29. The number of likely N-dealkylation sites (tertiary alicyclic amines) is 1. The van der Waals surface area contributed by atoms with E-state index in [4.69, 9.17) is 5.11 Å². The molecule has 2 atom stereocenters. The van der Waals surface area contributed by atoms with Gasteiger partial charge in [0.05, 0.1) is 5.92 Å². The number of benzene rings is 1. The summed E-state index contributed by atoms with van der Waals surface area (Å²) in [4.78, 5) is 24.9. The van der Waals surface area contributed by atoms with Gasteiger partial charge in [0.25, 0.3) is 0 Å². The lowest BCUT2D eigenvalue weighted by Crippen LogP contribution is -2.49. The topological polar surface area (TPSA) is 69.6 Å². The monoisotopic (exact) mass is 354 g/mol. The Hall–Kier alpha value is -1.56. The number of hydrogen-bond acceptors (Lipinski definition) is 2. The van der Waals surface area contributed by atoms with Crippen LogP contribution >= 0.6 is 15.9 Å². The highest BCUT2D eigenvalue weighted by Crippen LogP contribution is 2.21. The van der Waals surface area contributed by atoms with Crippen LogP contribution in [-0.4, -0.2) is 35.1 Å². The predicted molar refractivity (Wildman–Crippen MR) is 82.9 cm³/mol. The fourth-order valence-corrected chi connectivity index (χ4v) is 3.08. The summed E-state index contributed by atoms with van der Waals surface area (Å²) < 4.78 is 0.965. The van der Waals surface area contributed by atoms with E-state index in [9.17, 15) is 9.59 Å². The maximum Gasteiger partial charge on any atom is 0.317 e. The molecule has 2 unspecified atom stereocenters. The van der Waals surface area contributed by atoms with Crippen LogP contribution in [-0.2, 0) is 11.3 Å². The highest BCUT2D eigenvalue weighted by atomic mass is 79.9. The van der Waals surface area contributed by atoms with Crippen molar-refractivity contribution in [3.05, 3.63) is 34.3 Å². The minimum Gasteiger partial charge on any atom is -0.481 e. The van der Waals surface area contributed by atoms with Crippen LogP contribution in [0.5, 0.6) is 0 Å². The number of rotatable bonds is 3. The third-order valence-corrected chi connectivity index (χ3v) is 4.12. The Morgan fingerprint density at radius 3 is 2.86 bits per heavy atom. The number of nitrogens with zero attached hydrogens (tertiary/aromatic N) is 1. The van der Waals surface area contributed by atoms with E-state index < -0.39 is 11.9 Å². The molecule has 0 aromatic heterocycles. The minimum absolute atomic E-state index is 0.201. The molecule has 6 heteroatoms. The van der Waals surface area contributed by atoms with Crippen LogP contribution in [0, 0.1) is 11.8 Å². The second-order valence-electron chi connectivity index (χ2n) is 5.57. The van der Waals surface area contributed by atoms with Gasteiger partial charge >= 0.3 is 12.0 Å². The first-order valence-electron chi connectivity index (χ1n) is 6.95. The molecule has 0 saturated carbocycles. The van der Waals surface area contributed by atoms with E-state index in [0.29, 0.717) is 19.5 Å². The number of amides is 2. The summed E-state index contributed by atoms with van der Waals surface area (Å²) in [6.07, 6.45) is 0.630. The Balaban J connectivity index is 1.92. The van der Waals surface area contributed by atoms with Crippen LogP contribution in [0.3, 0.4) is 0 Å². The molecule has 1 heterocycles. The molecule has 21 heavy (non-hydrogen) atoms. The number of carboxylic acid groups (broad SMARTS) is 1. The first-order valence-corrected chi connectivity index (χ1v) is 7.75. The quantitative estimate of drug-likeness (QED) is 0.876. The number of carbonyl (C=O) groups is 2. The van der Waals surface area contributed by atoms with Crippen molar-refractivity contribution in [1.82, 2.24) is 10.2 Å². The number of hydrogen-bond donors (Lipinski definition) is 2. The van der Waals surface area contributed by atoms with Gasteiger partial charge in [0, 0.05) is 24.1 Å². The smallest absolute Gasteiger partial charge is 0.317 e. The van der Waals surface area contributed by atoms with Gasteiger partial charge in [-0.1, -0.05) is 35.0 Å². The Kier molecular flexibility index (Phi) is 5.22. The molecule has 1 aromatic rings. The van der Waals surface area contributed by atoms with Crippen LogP contribution in [0.4, 0.5) is 4.79 Å². The zero-order valence-electron chi connectivity index (χ0n) is 11.9. The van der Waals surface area contributed by atoms with Crippen LogP contribution in [0.2, 0.25) is 0 Å². The molecule has 114 valence electrons. The van der Waals surface area contributed by atoms with E-state index in [-0.39, 0.29) is 18.5 Å². The molecule has 2 rings (SSSR count). The average Bonchev–Trinajstić information content (AvgIpc) is 2.44. The van der Waals surface area contributed by atoms with Crippen LogP contribution < -0.4 is 5.32 Å². The maximum absolute atomic E-state index is 12.2. The fourth-order valence-electron chi connectivity index (χ4n) is 2.63. The van der Waals surface area contributed by atoms with E-state index in [1.165, 1.54) is 0 Å². The third kappa shape index (κ3) is 4.46. The molecule has 1 aliphatic rings. The average molecular weight is 355 g/mol. The van der Waals surface area contributed by atoms with E-state index in [2.05, 4.69) is 21.2 Å². The lowest BCUT2D eigenvalue weighted by molar-refractivity contribution is -0.143. The van der Waals surface area contributed by atoms with E-state index in [1.807, 2.05) is 31.2 Å². The van der Waals surface area contributed by atoms with Crippen molar-refractivity contribution in [2.75, 3.05) is 13.1 Å². The van der Waals surface area contributed by atoms with Gasteiger partial charge in [0.15, 0.2) is 0 Å². The number of aliphatic carboxylic acids is 1. The Labute approximate surface area is 132 Å². The summed E-state index contributed by atoms with van der Waals surface area (Å²) in [5.41, 5.74) is 0.998. The molecule has 1 saturated heterocycles. The van der Waals surface area contributed by atoms with Crippen molar-refractivity contribution >= 4 is 27.9 Å². The van der Waals surface area contributed by atoms with Gasteiger partial charge in [-0.15, -0.1) is 0 Å². The van der Waals surface area contributed by atoms with Gasteiger partial charge in [-0.25, -0.2) is 4.79 Å². The van der Waals surface area contributed by atoms with E-state index in [0.717, 1.165) is 10.0 Å². The van der Waals surface area contributed by atoms with Crippen molar-refractivity contribution < 1.29 is 14.7 Å². The molecule has 1 fully saturated rings. The van der Waals surface area contributed by atoms with E-state index in [1.54, 1.807) is 4.90 Å². The van der Waals surface area contributed by atoms with Crippen LogP contribution in [0.15, 0.2) is 28.7 Å². The minimum atomic E-state index is -0.827. The molecule has 0 bridgehead atoms. The molecular formula is C15H19BrN2O3. The highest BCUT2D eigenvalue weighted by Gasteiger charge is 2.31. The second-order valence-corrected chi connectivity index (χ2v) is 6.49. The number of piperidine rings is 1. The largest absolute Gasteiger partial charge is 0.481 e. The molecule has 1 aromatic carbocycles. The second kappa shape index (κ2) is 6.93. The zero-order valence-corrected chi connectivity index (χ0v) is 13.5. The molecule has 0 aliphatic carbocycles. The summed E-state index contributed by atoms with van der Waals surface area (Å²) in [6, 6.07) is 7.51. The van der Waals surface area contributed by atoms with Crippen molar-refractivity contribution in [2.24, 2.45) is 11.8 Å². The Bertz CT molecular complexity index is 535. The lowest BCUT2D eigenvalue weighted by Gasteiger charge is -2.34.